The van der Waals surface area contributed by atoms with Crippen molar-refractivity contribution in [2.45, 2.75) is 26.8 Å². The predicted molar refractivity (Wildman–Crippen MR) is 88.0 cm³/mol. The highest BCUT2D eigenvalue weighted by Gasteiger charge is 2.10. The molecule has 0 aliphatic carbocycles. The molecule has 5 heteroatoms. The maximum atomic E-state index is 4.61. The molecule has 0 spiro atoms. The quantitative estimate of drug-likeness (QED) is 0.777. The van der Waals surface area contributed by atoms with Gasteiger partial charge in [0.2, 0.25) is 5.95 Å². The number of rotatable bonds is 5. The summed E-state index contributed by atoms with van der Waals surface area (Å²) in [4.78, 5) is 13.3. The first-order valence-corrected chi connectivity index (χ1v) is 7.45. The third-order valence-corrected chi connectivity index (χ3v) is 3.45. The van der Waals surface area contributed by atoms with E-state index in [1.807, 2.05) is 49.5 Å². The molecule has 0 atom stereocenters. The van der Waals surface area contributed by atoms with Crippen molar-refractivity contribution in [1.82, 2.24) is 19.5 Å². The van der Waals surface area contributed by atoms with E-state index in [4.69, 9.17) is 0 Å². The van der Waals surface area contributed by atoms with Gasteiger partial charge in [0.25, 0.3) is 0 Å². The van der Waals surface area contributed by atoms with E-state index in [1.54, 1.807) is 6.20 Å². The van der Waals surface area contributed by atoms with Crippen LogP contribution in [0, 0.1) is 6.92 Å². The second-order valence-electron chi connectivity index (χ2n) is 5.10. The molecule has 0 aliphatic rings. The first-order valence-electron chi connectivity index (χ1n) is 7.45. The number of aryl methyl sites for hydroxylation is 1. The molecule has 0 radical (unpaired) electrons. The molecule has 112 valence electrons. The van der Waals surface area contributed by atoms with E-state index in [1.165, 1.54) is 0 Å². The van der Waals surface area contributed by atoms with Gasteiger partial charge in [-0.2, -0.15) is 0 Å². The third kappa shape index (κ3) is 2.98. The average Bonchev–Trinajstić information content (AvgIpc) is 2.90. The van der Waals surface area contributed by atoms with Crippen molar-refractivity contribution in [3.8, 4) is 11.4 Å². The summed E-state index contributed by atoms with van der Waals surface area (Å²) < 4.78 is 2.19. The molecule has 0 aliphatic heterocycles. The number of nitrogens with zero attached hydrogens (tertiary/aromatic N) is 4. The lowest BCUT2D eigenvalue weighted by molar-refractivity contribution is 0.662. The molecule has 1 aromatic carbocycles. The predicted octanol–water partition coefficient (Wildman–Crippen LogP) is 3.80. The Morgan fingerprint density at radius 3 is 2.68 bits per heavy atom. The van der Waals surface area contributed by atoms with Gasteiger partial charge < -0.3 is 9.88 Å². The van der Waals surface area contributed by atoms with E-state index >= 15 is 0 Å². The molecule has 1 N–H and O–H groups in total. The standard InChI is InChI=1S/C17H19N5/c1-3-11-22-13(2)19-12-16(22)15-9-10-18-17(21-15)20-14-7-5-4-6-8-14/h4-10,12H,3,11H2,1-2H3,(H,18,20,21). The van der Waals surface area contributed by atoms with E-state index in [0.717, 1.165) is 35.9 Å². The minimum absolute atomic E-state index is 0.589. The molecular formula is C17H19N5. The highest BCUT2D eigenvalue weighted by Crippen LogP contribution is 2.21. The molecule has 3 rings (SSSR count). The van der Waals surface area contributed by atoms with Crippen molar-refractivity contribution >= 4 is 11.6 Å². The molecule has 3 aromatic rings. The van der Waals surface area contributed by atoms with Gasteiger partial charge in [-0.3, -0.25) is 0 Å². The molecule has 5 nitrogen and oxygen atoms in total. The number of imidazole rings is 1. The van der Waals surface area contributed by atoms with E-state index in [0.29, 0.717) is 5.95 Å². The molecule has 0 fully saturated rings. The van der Waals surface area contributed by atoms with Crippen LogP contribution in [0.25, 0.3) is 11.4 Å². The Labute approximate surface area is 130 Å². The summed E-state index contributed by atoms with van der Waals surface area (Å²) in [5.74, 6) is 1.60. The maximum absolute atomic E-state index is 4.61. The zero-order valence-electron chi connectivity index (χ0n) is 12.8. The summed E-state index contributed by atoms with van der Waals surface area (Å²) in [6.45, 7) is 5.11. The molecule has 0 amide bonds. The van der Waals surface area contributed by atoms with Crippen LogP contribution in [-0.2, 0) is 6.54 Å². The van der Waals surface area contributed by atoms with Gasteiger partial charge in [0.05, 0.1) is 17.6 Å². The normalized spacial score (nSPS) is 10.6. The number of para-hydroxylation sites is 1. The Kier molecular flexibility index (Phi) is 4.14. The van der Waals surface area contributed by atoms with Crippen molar-refractivity contribution in [3.05, 3.63) is 54.6 Å². The summed E-state index contributed by atoms with van der Waals surface area (Å²) in [5, 5.41) is 3.22. The Balaban J connectivity index is 1.91. The molecule has 2 heterocycles. The van der Waals surface area contributed by atoms with Gasteiger partial charge in [-0.15, -0.1) is 0 Å². The number of anilines is 2. The molecule has 0 saturated heterocycles. The summed E-state index contributed by atoms with van der Waals surface area (Å²) in [5.41, 5.74) is 2.87. The van der Waals surface area contributed by atoms with Crippen LogP contribution in [0.4, 0.5) is 11.6 Å². The van der Waals surface area contributed by atoms with Gasteiger partial charge in [0.1, 0.15) is 5.82 Å². The van der Waals surface area contributed by atoms with E-state index in [2.05, 4.69) is 31.8 Å². The second-order valence-corrected chi connectivity index (χ2v) is 5.10. The monoisotopic (exact) mass is 293 g/mol. The van der Waals surface area contributed by atoms with Crippen molar-refractivity contribution in [2.75, 3.05) is 5.32 Å². The second kappa shape index (κ2) is 6.39. The van der Waals surface area contributed by atoms with Gasteiger partial charge in [-0.25, -0.2) is 15.0 Å². The van der Waals surface area contributed by atoms with Crippen LogP contribution >= 0.6 is 0 Å². The summed E-state index contributed by atoms with van der Waals surface area (Å²) in [6.07, 6.45) is 4.70. The fourth-order valence-electron chi connectivity index (χ4n) is 2.39. The van der Waals surface area contributed by atoms with Crippen LogP contribution in [0.5, 0.6) is 0 Å². The highest BCUT2D eigenvalue weighted by molar-refractivity contribution is 5.59. The fourth-order valence-corrected chi connectivity index (χ4v) is 2.39. The minimum Gasteiger partial charge on any atom is -0.327 e. The third-order valence-electron chi connectivity index (χ3n) is 3.45. The zero-order valence-corrected chi connectivity index (χ0v) is 12.8. The fraction of sp³-hybridized carbons (Fsp3) is 0.235. The van der Waals surface area contributed by atoms with Gasteiger partial charge >= 0.3 is 0 Å². The highest BCUT2D eigenvalue weighted by atomic mass is 15.1. The van der Waals surface area contributed by atoms with E-state index in [-0.39, 0.29) is 0 Å². The van der Waals surface area contributed by atoms with Crippen LogP contribution in [0.2, 0.25) is 0 Å². The van der Waals surface area contributed by atoms with Crippen molar-refractivity contribution in [3.63, 3.8) is 0 Å². The summed E-state index contributed by atoms with van der Waals surface area (Å²) in [6, 6.07) is 11.8. The first-order chi connectivity index (χ1) is 10.8. The molecule has 0 saturated carbocycles. The van der Waals surface area contributed by atoms with Crippen molar-refractivity contribution < 1.29 is 0 Å². The number of nitrogens with one attached hydrogen (secondary N) is 1. The van der Waals surface area contributed by atoms with Crippen LogP contribution in [0.15, 0.2) is 48.8 Å². The van der Waals surface area contributed by atoms with Gasteiger partial charge in [-0.1, -0.05) is 25.1 Å². The number of hydrogen-bond acceptors (Lipinski definition) is 4. The number of aromatic nitrogens is 4. The molecule has 2 aromatic heterocycles. The first kappa shape index (κ1) is 14.3. The largest absolute Gasteiger partial charge is 0.327 e. The lowest BCUT2D eigenvalue weighted by Crippen LogP contribution is -2.04. The average molecular weight is 293 g/mol. The molecule has 22 heavy (non-hydrogen) atoms. The topological polar surface area (TPSA) is 55.6 Å². The van der Waals surface area contributed by atoms with Crippen LogP contribution < -0.4 is 5.32 Å². The van der Waals surface area contributed by atoms with E-state index in [9.17, 15) is 0 Å². The molecule has 0 unspecified atom stereocenters. The Morgan fingerprint density at radius 1 is 1.09 bits per heavy atom. The van der Waals surface area contributed by atoms with Crippen LogP contribution in [0.1, 0.15) is 19.2 Å². The van der Waals surface area contributed by atoms with Crippen molar-refractivity contribution in [1.29, 1.82) is 0 Å². The van der Waals surface area contributed by atoms with Gasteiger partial charge in [-0.05, 0) is 31.5 Å². The minimum atomic E-state index is 0.589. The van der Waals surface area contributed by atoms with E-state index < -0.39 is 0 Å². The van der Waals surface area contributed by atoms with Crippen LogP contribution in [0.3, 0.4) is 0 Å². The zero-order chi connectivity index (χ0) is 15.4. The number of hydrogen-bond donors (Lipinski definition) is 1. The lowest BCUT2D eigenvalue weighted by Gasteiger charge is -2.10. The molecular weight excluding hydrogens is 274 g/mol. The SMILES string of the molecule is CCCn1c(-c2ccnc(Nc3ccccc3)n2)cnc1C. The van der Waals surface area contributed by atoms with Gasteiger partial charge in [0, 0.05) is 18.4 Å². The van der Waals surface area contributed by atoms with Crippen LogP contribution in [-0.4, -0.2) is 19.5 Å². The van der Waals surface area contributed by atoms with Gasteiger partial charge in [0.15, 0.2) is 0 Å². The summed E-state index contributed by atoms with van der Waals surface area (Å²) in [7, 11) is 0. The Hall–Kier alpha value is -2.69. The lowest BCUT2D eigenvalue weighted by atomic mass is 10.3. The smallest absolute Gasteiger partial charge is 0.227 e. The maximum Gasteiger partial charge on any atom is 0.227 e. The Bertz CT molecular complexity index is 749. The Morgan fingerprint density at radius 2 is 1.91 bits per heavy atom. The number of benzene rings is 1. The summed E-state index contributed by atoms with van der Waals surface area (Å²) >= 11 is 0. The van der Waals surface area contributed by atoms with Crippen molar-refractivity contribution in [2.24, 2.45) is 0 Å². The molecule has 0 bridgehead atoms.